The molecule has 0 amide bonds. The van der Waals surface area contributed by atoms with E-state index in [4.69, 9.17) is 10.00 Å². The van der Waals surface area contributed by atoms with Crippen molar-refractivity contribution < 1.29 is 4.74 Å². The molecule has 0 aliphatic carbocycles. The van der Waals surface area contributed by atoms with Crippen LogP contribution < -0.4 is 20.7 Å². The van der Waals surface area contributed by atoms with Gasteiger partial charge in [-0.25, -0.2) is 4.98 Å². The van der Waals surface area contributed by atoms with E-state index in [0.29, 0.717) is 42.3 Å². The summed E-state index contributed by atoms with van der Waals surface area (Å²) < 4.78 is 5.37. The number of nitrogens with one attached hydrogen (secondary N) is 3. The minimum Gasteiger partial charge on any atom is -0.481 e. The number of rotatable bonds is 7. The van der Waals surface area contributed by atoms with Gasteiger partial charge in [-0.1, -0.05) is 0 Å². The van der Waals surface area contributed by atoms with E-state index in [-0.39, 0.29) is 0 Å². The van der Waals surface area contributed by atoms with Crippen molar-refractivity contribution >= 4 is 28.2 Å². The summed E-state index contributed by atoms with van der Waals surface area (Å²) in [6.45, 7) is 2.02. The number of ether oxygens (including phenoxy) is 1. The van der Waals surface area contributed by atoms with Gasteiger partial charge in [-0.2, -0.15) is 15.2 Å². The van der Waals surface area contributed by atoms with Crippen molar-refractivity contribution in [2.24, 2.45) is 5.92 Å². The van der Waals surface area contributed by atoms with Gasteiger partial charge in [0.2, 0.25) is 11.8 Å². The van der Waals surface area contributed by atoms with Gasteiger partial charge < -0.3 is 15.4 Å². The van der Waals surface area contributed by atoms with Crippen LogP contribution in [0.5, 0.6) is 5.88 Å². The second-order valence-corrected chi connectivity index (χ2v) is 9.16. The molecule has 9 heteroatoms. The quantitative estimate of drug-likeness (QED) is 0.632. The van der Waals surface area contributed by atoms with Crippen LogP contribution in [0.15, 0.2) is 12.3 Å². The summed E-state index contributed by atoms with van der Waals surface area (Å²) in [6.07, 6.45) is 7.93. The Morgan fingerprint density at radius 2 is 2.07 bits per heavy atom. The fourth-order valence-corrected chi connectivity index (χ4v) is 5.14. The van der Waals surface area contributed by atoms with Crippen LogP contribution >= 0.6 is 11.3 Å². The van der Waals surface area contributed by atoms with Crippen molar-refractivity contribution in [3.05, 3.63) is 17.1 Å². The average molecular weight is 414 g/mol. The van der Waals surface area contributed by atoms with Crippen LogP contribution in [0.4, 0.5) is 16.9 Å². The molecule has 154 valence electrons. The van der Waals surface area contributed by atoms with Crippen molar-refractivity contribution in [3.63, 3.8) is 0 Å². The molecule has 0 spiro atoms. The van der Waals surface area contributed by atoms with Crippen molar-refractivity contribution in [1.29, 1.82) is 5.26 Å². The minimum absolute atomic E-state index is 0.359. The lowest BCUT2D eigenvalue weighted by Gasteiger charge is -2.44. The summed E-state index contributed by atoms with van der Waals surface area (Å²) in [4.78, 5) is 14.5. The van der Waals surface area contributed by atoms with Crippen LogP contribution in [0.2, 0.25) is 0 Å². The second kappa shape index (κ2) is 8.93. The van der Waals surface area contributed by atoms with E-state index in [9.17, 15) is 0 Å². The first-order valence-corrected chi connectivity index (χ1v) is 10.9. The number of thiazole rings is 1. The molecule has 2 aliphatic rings. The zero-order valence-electron chi connectivity index (χ0n) is 16.8. The number of nitriles is 1. The van der Waals surface area contributed by atoms with Crippen molar-refractivity contribution in [1.82, 2.24) is 20.3 Å². The Bertz CT molecular complexity index is 866. The average Bonchev–Trinajstić information content (AvgIpc) is 3.10. The maximum atomic E-state index is 8.86. The monoisotopic (exact) mass is 413 g/mol. The van der Waals surface area contributed by atoms with Crippen molar-refractivity contribution in [2.75, 3.05) is 17.7 Å². The van der Waals surface area contributed by atoms with E-state index in [1.807, 2.05) is 19.2 Å². The summed E-state index contributed by atoms with van der Waals surface area (Å²) in [5.41, 5.74) is 0. The molecule has 29 heavy (non-hydrogen) atoms. The fraction of sp³-hybridized carbons (Fsp3) is 0.600. The van der Waals surface area contributed by atoms with Gasteiger partial charge in [0.15, 0.2) is 5.13 Å². The highest BCUT2D eigenvalue weighted by Crippen LogP contribution is 2.33. The molecule has 2 aromatic rings. The Morgan fingerprint density at radius 3 is 2.72 bits per heavy atom. The van der Waals surface area contributed by atoms with E-state index >= 15 is 0 Å². The Kier molecular flexibility index (Phi) is 6.11. The number of aryl methyl sites for hydroxylation is 1. The molecule has 2 unspecified atom stereocenters. The highest BCUT2D eigenvalue weighted by Gasteiger charge is 2.35. The molecule has 2 aliphatic heterocycles. The van der Waals surface area contributed by atoms with E-state index in [2.05, 4.69) is 37.0 Å². The fourth-order valence-electron chi connectivity index (χ4n) is 4.48. The summed E-state index contributed by atoms with van der Waals surface area (Å²) in [5, 5.41) is 20.1. The molecule has 2 saturated heterocycles. The van der Waals surface area contributed by atoms with Crippen LogP contribution in [0.1, 0.15) is 43.4 Å². The van der Waals surface area contributed by atoms with E-state index < -0.39 is 0 Å². The maximum Gasteiger partial charge on any atom is 0.234 e. The standard InChI is InChI=1S/C20H27N7OS/c1-12-11-22-20(29-12)27-19-25-17(10-18(26-19)28-2)24-16-8-14-6-13(4-3-5-21)7-15(9-16)23-14/h10-11,13-16,23H,3-4,6-9H2,1-2H3,(H2,22,24,25,26,27). The van der Waals surface area contributed by atoms with Crippen molar-refractivity contribution in [2.45, 2.75) is 63.6 Å². The molecular weight excluding hydrogens is 386 g/mol. The predicted octanol–water partition coefficient (Wildman–Crippen LogP) is 3.61. The van der Waals surface area contributed by atoms with Crippen LogP contribution in [-0.2, 0) is 0 Å². The Labute approximate surface area is 175 Å². The molecule has 4 rings (SSSR count). The Morgan fingerprint density at radius 1 is 1.28 bits per heavy atom. The third-order valence-corrected chi connectivity index (χ3v) is 6.44. The third kappa shape index (κ3) is 5.14. The molecule has 4 heterocycles. The topological polar surface area (TPSA) is 108 Å². The SMILES string of the molecule is COc1cc(NC2CC3CC(CCC#N)CC(C2)N3)nc(Nc2ncc(C)s2)n1. The van der Waals surface area contributed by atoms with E-state index in [0.717, 1.165) is 47.9 Å². The van der Waals surface area contributed by atoms with Gasteiger partial charge in [0.05, 0.1) is 13.2 Å². The van der Waals surface area contributed by atoms with Crippen LogP contribution in [0.25, 0.3) is 0 Å². The molecule has 2 atom stereocenters. The number of hydrogen-bond donors (Lipinski definition) is 3. The summed E-state index contributed by atoms with van der Waals surface area (Å²) in [7, 11) is 1.61. The number of hydrogen-bond acceptors (Lipinski definition) is 9. The number of piperidine rings is 2. The van der Waals surface area contributed by atoms with Gasteiger partial charge in [-0.05, 0) is 44.9 Å². The lowest BCUT2D eigenvalue weighted by atomic mass is 9.77. The van der Waals surface area contributed by atoms with Crippen LogP contribution in [0, 0.1) is 24.2 Å². The zero-order chi connectivity index (χ0) is 20.2. The molecule has 2 fully saturated rings. The first-order chi connectivity index (χ1) is 14.1. The number of nitrogens with zero attached hydrogens (tertiary/aromatic N) is 4. The first-order valence-electron chi connectivity index (χ1n) is 10.1. The predicted molar refractivity (Wildman–Crippen MR) is 114 cm³/mol. The summed E-state index contributed by atoms with van der Waals surface area (Å²) in [5.74, 6) is 2.43. The molecular formula is C20H27N7OS. The van der Waals surface area contributed by atoms with Gasteiger partial charge in [-0.3, -0.25) is 5.32 Å². The van der Waals surface area contributed by atoms with Gasteiger partial charge in [0.25, 0.3) is 0 Å². The zero-order valence-corrected chi connectivity index (χ0v) is 17.6. The van der Waals surface area contributed by atoms with Gasteiger partial charge >= 0.3 is 0 Å². The number of fused-ring (bicyclic) bond motifs is 2. The molecule has 0 radical (unpaired) electrons. The largest absolute Gasteiger partial charge is 0.481 e. The minimum atomic E-state index is 0.359. The normalized spacial score (nSPS) is 25.8. The second-order valence-electron chi connectivity index (χ2n) is 7.93. The highest BCUT2D eigenvalue weighted by molar-refractivity contribution is 7.15. The summed E-state index contributed by atoms with van der Waals surface area (Å²) >= 11 is 1.56. The van der Waals surface area contributed by atoms with E-state index in [1.165, 1.54) is 0 Å². The van der Waals surface area contributed by atoms with E-state index in [1.54, 1.807) is 18.4 Å². The van der Waals surface area contributed by atoms with Gasteiger partial charge in [0, 0.05) is 41.7 Å². The highest BCUT2D eigenvalue weighted by atomic mass is 32.1. The Hall–Kier alpha value is -2.44. The smallest absolute Gasteiger partial charge is 0.234 e. The summed E-state index contributed by atoms with van der Waals surface area (Å²) in [6, 6.07) is 5.49. The van der Waals surface area contributed by atoms with Crippen LogP contribution in [-0.4, -0.2) is 40.2 Å². The van der Waals surface area contributed by atoms with Gasteiger partial charge in [0.1, 0.15) is 5.82 Å². The number of methoxy groups -OCH3 is 1. The maximum absolute atomic E-state index is 8.86. The van der Waals surface area contributed by atoms with Crippen molar-refractivity contribution in [3.8, 4) is 11.9 Å². The molecule has 2 aromatic heterocycles. The van der Waals surface area contributed by atoms with Crippen LogP contribution in [0.3, 0.4) is 0 Å². The number of aromatic nitrogens is 3. The number of anilines is 3. The molecule has 2 bridgehead atoms. The molecule has 3 N–H and O–H groups in total. The lowest BCUT2D eigenvalue weighted by molar-refractivity contribution is 0.171. The first kappa shape index (κ1) is 19.9. The Balaban J connectivity index is 1.41. The molecule has 8 nitrogen and oxygen atoms in total. The third-order valence-electron chi connectivity index (χ3n) is 5.61. The molecule has 0 saturated carbocycles. The lowest BCUT2D eigenvalue weighted by Crippen LogP contribution is -2.54. The molecule has 0 aromatic carbocycles. The van der Waals surface area contributed by atoms with Gasteiger partial charge in [-0.15, -0.1) is 11.3 Å².